The van der Waals surface area contributed by atoms with Crippen LogP contribution in [-0.2, 0) is 17.8 Å². The van der Waals surface area contributed by atoms with Gasteiger partial charge in [-0.25, -0.2) is 9.78 Å². The lowest BCUT2D eigenvalue weighted by Crippen LogP contribution is -2.15. The molecule has 0 spiro atoms. The van der Waals surface area contributed by atoms with E-state index in [1.54, 1.807) is 6.92 Å². The zero-order chi connectivity index (χ0) is 21.2. The van der Waals surface area contributed by atoms with Crippen LogP contribution in [0.4, 0.5) is 0 Å². The molecule has 0 amide bonds. The van der Waals surface area contributed by atoms with Gasteiger partial charge in [0.2, 0.25) is 5.89 Å². The average molecular weight is 411 g/mol. The van der Waals surface area contributed by atoms with Crippen LogP contribution in [0.25, 0.3) is 22.6 Å². The predicted molar refractivity (Wildman–Crippen MR) is 117 cm³/mol. The summed E-state index contributed by atoms with van der Waals surface area (Å²) in [6.07, 6.45) is 4.82. The van der Waals surface area contributed by atoms with Gasteiger partial charge >= 0.3 is 5.97 Å². The first-order valence-corrected chi connectivity index (χ1v) is 10.3. The minimum Gasteiger partial charge on any atom is -0.452 e. The molecule has 0 unspecified atom stereocenters. The first-order valence-electron chi connectivity index (χ1n) is 10.3. The number of ether oxygens (including phenoxy) is 1. The van der Waals surface area contributed by atoms with Gasteiger partial charge in [0.15, 0.2) is 6.61 Å². The number of esters is 1. The minimum atomic E-state index is -0.397. The highest BCUT2D eigenvalue weighted by Crippen LogP contribution is 2.36. The zero-order valence-corrected chi connectivity index (χ0v) is 17.2. The minimum absolute atomic E-state index is 0.0577. The molecule has 1 aliphatic rings. The Hall–Kier alpha value is -3.80. The third-order valence-electron chi connectivity index (χ3n) is 5.41. The summed E-state index contributed by atoms with van der Waals surface area (Å²) >= 11 is 0. The highest BCUT2D eigenvalue weighted by Gasteiger charge is 2.26. The van der Waals surface area contributed by atoms with Gasteiger partial charge in [-0.15, -0.1) is 10.2 Å². The number of nitrogens with zero attached hydrogens (tertiary/aromatic N) is 3. The van der Waals surface area contributed by atoms with Gasteiger partial charge in [0.1, 0.15) is 0 Å². The molecule has 0 radical (unpaired) electrons. The average Bonchev–Trinajstić information content (AvgIpc) is 3.22. The van der Waals surface area contributed by atoms with Crippen molar-refractivity contribution in [2.45, 2.75) is 32.8 Å². The van der Waals surface area contributed by atoms with E-state index >= 15 is 0 Å². The van der Waals surface area contributed by atoms with Crippen LogP contribution in [0, 0.1) is 6.92 Å². The molecule has 31 heavy (non-hydrogen) atoms. The molecule has 0 atom stereocenters. The van der Waals surface area contributed by atoms with Crippen LogP contribution in [0.5, 0.6) is 0 Å². The summed E-state index contributed by atoms with van der Waals surface area (Å²) < 4.78 is 10.9. The molecule has 2 heterocycles. The third kappa shape index (κ3) is 3.84. The molecular formula is C25H21N3O3. The van der Waals surface area contributed by atoms with Crippen molar-refractivity contribution >= 4 is 28.5 Å². The number of aromatic nitrogens is 3. The third-order valence-corrected chi connectivity index (χ3v) is 5.41. The fraction of sp³-hybridized carbons (Fsp3) is 0.200. The van der Waals surface area contributed by atoms with Gasteiger partial charge in [-0.05, 0) is 48.1 Å². The molecule has 154 valence electrons. The SMILES string of the molecule is Cc1nnc(COC(=O)c2c3c(nc4ccccc24)/C(=C/c2ccccc2)CCC3)o1. The number of hydrogen-bond donors (Lipinski definition) is 0. The molecule has 0 saturated heterocycles. The van der Waals surface area contributed by atoms with E-state index in [0.29, 0.717) is 11.5 Å². The summed E-state index contributed by atoms with van der Waals surface area (Å²) in [5.41, 5.74) is 5.45. The lowest BCUT2D eigenvalue weighted by molar-refractivity contribution is 0.0437. The molecule has 0 N–H and O–H groups in total. The van der Waals surface area contributed by atoms with E-state index in [1.165, 1.54) is 0 Å². The maximum Gasteiger partial charge on any atom is 0.339 e. The zero-order valence-electron chi connectivity index (χ0n) is 17.2. The summed E-state index contributed by atoms with van der Waals surface area (Å²) in [4.78, 5) is 18.2. The number of carbonyl (C=O) groups is 1. The monoisotopic (exact) mass is 411 g/mol. The number of fused-ring (bicyclic) bond motifs is 2. The standard InChI is InChI=1S/C25H21N3O3/c1-16-27-28-22(31-16)15-30-25(29)23-19-11-5-6-13-21(19)26-24-18(10-7-12-20(23)24)14-17-8-3-2-4-9-17/h2-6,8-9,11,13-14H,7,10,12,15H2,1H3/b18-14+. The van der Waals surface area contributed by atoms with Crippen molar-refractivity contribution in [2.24, 2.45) is 0 Å². The topological polar surface area (TPSA) is 78.1 Å². The molecule has 0 bridgehead atoms. The van der Waals surface area contributed by atoms with Crippen LogP contribution < -0.4 is 0 Å². The Labute approximate surface area is 179 Å². The maximum absolute atomic E-state index is 13.2. The van der Waals surface area contributed by atoms with Gasteiger partial charge in [0.05, 0.1) is 16.8 Å². The van der Waals surface area contributed by atoms with E-state index in [-0.39, 0.29) is 12.5 Å². The smallest absolute Gasteiger partial charge is 0.339 e. The number of para-hydroxylation sites is 1. The molecule has 0 saturated carbocycles. The van der Waals surface area contributed by atoms with Gasteiger partial charge in [-0.1, -0.05) is 48.5 Å². The molecule has 4 aromatic rings. The molecule has 5 rings (SSSR count). The molecular weight excluding hydrogens is 390 g/mol. The molecule has 0 fully saturated rings. The van der Waals surface area contributed by atoms with Crippen molar-refractivity contribution in [1.82, 2.24) is 15.2 Å². The van der Waals surface area contributed by atoms with E-state index in [9.17, 15) is 4.79 Å². The van der Waals surface area contributed by atoms with Gasteiger partial charge in [-0.3, -0.25) is 0 Å². The second-order valence-corrected chi connectivity index (χ2v) is 7.56. The highest BCUT2D eigenvalue weighted by molar-refractivity contribution is 6.06. The number of hydrogen-bond acceptors (Lipinski definition) is 6. The van der Waals surface area contributed by atoms with Crippen LogP contribution in [0.2, 0.25) is 0 Å². The van der Waals surface area contributed by atoms with E-state index in [1.807, 2.05) is 42.5 Å². The Morgan fingerprint density at radius 3 is 2.68 bits per heavy atom. The normalized spacial score (nSPS) is 14.5. The van der Waals surface area contributed by atoms with Crippen molar-refractivity contribution in [3.05, 3.63) is 88.8 Å². The van der Waals surface area contributed by atoms with Crippen molar-refractivity contribution in [1.29, 1.82) is 0 Å². The second-order valence-electron chi connectivity index (χ2n) is 7.56. The van der Waals surface area contributed by atoms with Crippen LogP contribution in [0.15, 0.2) is 59.0 Å². The number of aryl methyl sites for hydroxylation is 1. The van der Waals surface area contributed by atoms with Gasteiger partial charge in [0, 0.05) is 12.3 Å². The summed E-state index contributed by atoms with van der Waals surface area (Å²) in [6.45, 7) is 1.64. The van der Waals surface area contributed by atoms with Gasteiger partial charge in [-0.2, -0.15) is 0 Å². The number of allylic oxidation sites excluding steroid dienone is 1. The summed E-state index contributed by atoms with van der Waals surface area (Å²) in [6, 6.07) is 17.9. The lowest BCUT2D eigenvalue weighted by Gasteiger charge is -2.22. The van der Waals surface area contributed by atoms with Gasteiger partial charge < -0.3 is 9.15 Å². The molecule has 6 heteroatoms. The van der Waals surface area contributed by atoms with E-state index in [2.05, 4.69) is 28.4 Å². The number of carbonyl (C=O) groups excluding carboxylic acids is 1. The Morgan fingerprint density at radius 2 is 1.87 bits per heavy atom. The fourth-order valence-corrected chi connectivity index (χ4v) is 4.05. The second kappa shape index (κ2) is 8.14. The quantitative estimate of drug-likeness (QED) is 0.432. The van der Waals surface area contributed by atoms with E-state index < -0.39 is 5.97 Å². The van der Waals surface area contributed by atoms with Crippen molar-refractivity contribution in [3.8, 4) is 0 Å². The summed E-state index contributed by atoms with van der Waals surface area (Å²) in [5.74, 6) is 0.322. The first-order chi connectivity index (χ1) is 15.2. The number of rotatable bonds is 4. The lowest BCUT2D eigenvalue weighted by atomic mass is 9.86. The van der Waals surface area contributed by atoms with Gasteiger partial charge in [0.25, 0.3) is 5.89 Å². The number of pyridine rings is 1. The number of benzene rings is 2. The van der Waals surface area contributed by atoms with E-state index in [0.717, 1.165) is 52.6 Å². The van der Waals surface area contributed by atoms with Crippen molar-refractivity contribution in [3.63, 3.8) is 0 Å². The van der Waals surface area contributed by atoms with Crippen LogP contribution in [0.1, 0.15) is 51.8 Å². The molecule has 6 nitrogen and oxygen atoms in total. The Kier molecular flexibility index (Phi) is 5.04. The first kappa shape index (κ1) is 19.2. The summed E-state index contributed by atoms with van der Waals surface area (Å²) in [7, 11) is 0. The van der Waals surface area contributed by atoms with Crippen molar-refractivity contribution in [2.75, 3.05) is 0 Å². The Bertz CT molecular complexity index is 1290. The maximum atomic E-state index is 13.2. The predicted octanol–water partition coefficient (Wildman–Crippen LogP) is 5.16. The largest absolute Gasteiger partial charge is 0.452 e. The van der Waals surface area contributed by atoms with Crippen molar-refractivity contribution < 1.29 is 13.9 Å². The Balaban J connectivity index is 1.59. The van der Waals surface area contributed by atoms with Crippen LogP contribution >= 0.6 is 0 Å². The van der Waals surface area contributed by atoms with Crippen LogP contribution in [0.3, 0.4) is 0 Å². The fourth-order valence-electron chi connectivity index (χ4n) is 4.05. The molecule has 2 aromatic heterocycles. The highest BCUT2D eigenvalue weighted by atomic mass is 16.5. The molecule has 1 aliphatic carbocycles. The van der Waals surface area contributed by atoms with Crippen LogP contribution in [-0.4, -0.2) is 21.2 Å². The summed E-state index contributed by atoms with van der Waals surface area (Å²) in [5, 5.41) is 8.49. The Morgan fingerprint density at radius 1 is 1.06 bits per heavy atom. The molecule has 0 aliphatic heterocycles. The molecule has 2 aromatic carbocycles. The van der Waals surface area contributed by atoms with E-state index in [4.69, 9.17) is 14.1 Å².